The largest absolute Gasteiger partial charge is 0.310 e. The molecule has 5 heterocycles. The van der Waals surface area contributed by atoms with Crippen LogP contribution in [-0.2, 0) is 0 Å². The second-order valence-electron chi connectivity index (χ2n) is 15.7. The first-order valence-corrected chi connectivity index (χ1v) is 20.0. The monoisotopic (exact) mass is 736 g/mol. The first-order chi connectivity index (χ1) is 28.8. The van der Waals surface area contributed by atoms with Crippen LogP contribution in [0.5, 0.6) is 0 Å². The number of para-hydroxylation sites is 6. The van der Waals surface area contributed by atoms with E-state index < -0.39 is 0 Å². The number of rotatable bonds is 4. The fourth-order valence-corrected chi connectivity index (χ4v) is 10.6. The maximum absolute atomic E-state index is 2.56. The Morgan fingerprint density at radius 1 is 0.293 bits per heavy atom. The molecule has 0 radical (unpaired) electrons. The smallest absolute Gasteiger partial charge is 0.0641 e. The van der Waals surface area contributed by atoms with Gasteiger partial charge in [-0.3, -0.25) is 0 Å². The zero-order valence-electron chi connectivity index (χ0n) is 31.3. The molecular formula is C54H32N4. The highest BCUT2D eigenvalue weighted by atomic mass is 15.1. The van der Waals surface area contributed by atoms with Gasteiger partial charge in [-0.1, -0.05) is 115 Å². The van der Waals surface area contributed by atoms with Crippen molar-refractivity contribution in [3.8, 4) is 5.69 Å². The van der Waals surface area contributed by atoms with Crippen LogP contribution in [0.1, 0.15) is 0 Å². The van der Waals surface area contributed by atoms with Gasteiger partial charge in [0.1, 0.15) is 0 Å². The van der Waals surface area contributed by atoms with E-state index in [1.54, 1.807) is 0 Å². The Labute approximate surface area is 331 Å². The molecule has 0 saturated heterocycles. The zero-order chi connectivity index (χ0) is 37.6. The number of aromatic nitrogens is 3. The lowest BCUT2D eigenvalue weighted by molar-refractivity contribution is 1.18. The predicted molar refractivity (Wildman–Crippen MR) is 245 cm³/mol. The molecule has 0 N–H and O–H groups in total. The van der Waals surface area contributed by atoms with Gasteiger partial charge in [0.25, 0.3) is 0 Å². The van der Waals surface area contributed by atoms with E-state index in [4.69, 9.17) is 0 Å². The third-order valence-corrected chi connectivity index (χ3v) is 12.8. The number of anilines is 3. The second-order valence-corrected chi connectivity index (χ2v) is 15.7. The molecule has 4 heteroatoms. The average molecular weight is 737 g/mol. The van der Waals surface area contributed by atoms with Crippen LogP contribution in [0.2, 0.25) is 0 Å². The molecule has 14 aromatic rings. The van der Waals surface area contributed by atoms with Crippen LogP contribution in [0.15, 0.2) is 194 Å². The predicted octanol–water partition coefficient (Wildman–Crippen LogP) is 14.6. The molecule has 0 amide bonds. The Bertz CT molecular complexity index is 3910. The van der Waals surface area contributed by atoms with Crippen LogP contribution in [0, 0.1) is 0 Å². The molecule has 268 valence electrons. The molecule has 0 spiro atoms. The van der Waals surface area contributed by atoms with Crippen LogP contribution in [0.3, 0.4) is 0 Å². The minimum atomic E-state index is 1.13. The highest BCUT2D eigenvalue weighted by molar-refractivity contribution is 6.39. The Kier molecular flexibility index (Phi) is 5.73. The van der Waals surface area contributed by atoms with E-state index in [1.165, 1.54) is 109 Å². The highest BCUT2D eigenvalue weighted by Gasteiger charge is 2.28. The van der Waals surface area contributed by atoms with Crippen LogP contribution < -0.4 is 4.90 Å². The summed E-state index contributed by atoms with van der Waals surface area (Å²) in [5.41, 5.74) is 14.6. The van der Waals surface area contributed by atoms with Gasteiger partial charge in [0, 0.05) is 70.9 Å². The molecule has 0 saturated carbocycles. The van der Waals surface area contributed by atoms with Crippen molar-refractivity contribution >= 4 is 115 Å². The van der Waals surface area contributed by atoms with Gasteiger partial charge in [0.05, 0.1) is 49.8 Å². The van der Waals surface area contributed by atoms with Crippen molar-refractivity contribution in [1.82, 2.24) is 13.4 Å². The summed E-state index contributed by atoms with van der Waals surface area (Å²) in [4.78, 5) is 2.42. The van der Waals surface area contributed by atoms with Crippen molar-refractivity contribution in [3.63, 3.8) is 0 Å². The normalized spacial score (nSPS) is 12.5. The van der Waals surface area contributed by atoms with Crippen molar-refractivity contribution in [3.05, 3.63) is 194 Å². The molecule has 9 aromatic carbocycles. The minimum Gasteiger partial charge on any atom is -0.310 e. The van der Waals surface area contributed by atoms with E-state index in [-0.39, 0.29) is 0 Å². The quantitative estimate of drug-likeness (QED) is 0.176. The molecule has 0 unspecified atom stereocenters. The molecule has 4 nitrogen and oxygen atoms in total. The second kappa shape index (κ2) is 10.9. The lowest BCUT2D eigenvalue weighted by Gasteiger charge is -2.26. The molecule has 0 aliphatic carbocycles. The molecule has 58 heavy (non-hydrogen) atoms. The van der Waals surface area contributed by atoms with Crippen molar-refractivity contribution < 1.29 is 0 Å². The average Bonchev–Trinajstić information content (AvgIpc) is 4.07. The molecular weight excluding hydrogens is 705 g/mol. The van der Waals surface area contributed by atoms with Crippen LogP contribution in [-0.4, -0.2) is 13.4 Å². The molecule has 14 rings (SSSR count). The van der Waals surface area contributed by atoms with Gasteiger partial charge in [-0.2, -0.15) is 0 Å². The Hall–Kier alpha value is -7.82. The summed E-state index contributed by atoms with van der Waals surface area (Å²) in [6.07, 6.45) is 0. The number of hydrogen-bond donors (Lipinski definition) is 0. The Morgan fingerprint density at radius 2 is 0.793 bits per heavy atom. The summed E-state index contributed by atoms with van der Waals surface area (Å²) in [6.45, 7) is 0. The Balaban J connectivity index is 1.18. The summed E-state index contributed by atoms with van der Waals surface area (Å²) in [5, 5.41) is 12.8. The fraction of sp³-hybridized carbons (Fsp3) is 0. The van der Waals surface area contributed by atoms with E-state index in [0.29, 0.717) is 0 Å². The van der Waals surface area contributed by atoms with E-state index in [9.17, 15) is 0 Å². The Morgan fingerprint density at radius 3 is 1.48 bits per heavy atom. The fourth-order valence-electron chi connectivity index (χ4n) is 10.6. The van der Waals surface area contributed by atoms with Gasteiger partial charge < -0.3 is 18.3 Å². The SMILES string of the molecule is c1ccc(N(c2ccccc2)c2ccc3c4c5c6ccccc6n6c7cc8c9ccccc9n(-c9ccccc9)c8cc7c(cc4n4c7ccccc7c2c34)c56)cc1. The number of fused-ring (bicyclic) bond motifs is 16. The molecule has 0 aliphatic rings. The summed E-state index contributed by atoms with van der Waals surface area (Å²) < 4.78 is 7.55. The summed E-state index contributed by atoms with van der Waals surface area (Å²) in [5.74, 6) is 0. The van der Waals surface area contributed by atoms with E-state index >= 15 is 0 Å². The number of hydrogen-bond acceptors (Lipinski definition) is 1. The van der Waals surface area contributed by atoms with Gasteiger partial charge in [0.15, 0.2) is 0 Å². The van der Waals surface area contributed by atoms with Crippen molar-refractivity contribution in [2.75, 3.05) is 4.90 Å². The maximum Gasteiger partial charge on any atom is 0.0641 e. The number of benzene rings is 9. The first-order valence-electron chi connectivity index (χ1n) is 20.0. The van der Waals surface area contributed by atoms with E-state index in [1.807, 2.05) is 0 Å². The lowest BCUT2D eigenvalue weighted by Crippen LogP contribution is -2.10. The minimum absolute atomic E-state index is 1.13. The molecule has 0 atom stereocenters. The summed E-state index contributed by atoms with van der Waals surface area (Å²) >= 11 is 0. The molecule has 0 aliphatic heterocycles. The van der Waals surface area contributed by atoms with Crippen LogP contribution >= 0.6 is 0 Å². The topological polar surface area (TPSA) is 17.0 Å². The third kappa shape index (κ3) is 3.70. The number of nitrogens with zero attached hydrogens (tertiary/aromatic N) is 4. The molecule has 0 bridgehead atoms. The van der Waals surface area contributed by atoms with Crippen molar-refractivity contribution in [2.45, 2.75) is 0 Å². The maximum atomic E-state index is 2.56. The van der Waals surface area contributed by atoms with Gasteiger partial charge in [-0.15, -0.1) is 0 Å². The standard InChI is InChI=1S/C54H32N4/c1-4-16-33(17-5-1)55(34-18-6-2-7-19-34)46-29-28-39-50-49(58-44-26-14-11-23-37(44)51(46)53(39)58)32-42-41-31-47-40(30-48(41)57-45-27-15-12-24-38(45)52(50)54(42)57)36-22-10-13-25-43(36)56(47)35-20-8-3-9-21-35/h1-32H. The van der Waals surface area contributed by atoms with E-state index in [2.05, 4.69) is 212 Å². The zero-order valence-corrected chi connectivity index (χ0v) is 31.3. The molecule has 0 fully saturated rings. The third-order valence-electron chi connectivity index (χ3n) is 12.8. The summed E-state index contributed by atoms with van der Waals surface area (Å²) in [7, 11) is 0. The van der Waals surface area contributed by atoms with Crippen molar-refractivity contribution in [2.24, 2.45) is 0 Å². The van der Waals surface area contributed by atoms with Crippen LogP contribution in [0.4, 0.5) is 17.1 Å². The van der Waals surface area contributed by atoms with E-state index in [0.717, 1.165) is 11.4 Å². The van der Waals surface area contributed by atoms with Gasteiger partial charge in [-0.05, 0) is 78.9 Å². The summed E-state index contributed by atoms with van der Waals surface area (Å²) in [6, 6.07) is 71.3. The van der Waals surface area contributed by atoms with Crippen molar-refractivity contribution in [1.29, 1.82) is 0 Å². The van der Waals surface area contributed by atoms with Crippen LogP contribution in [0.25, 0.3) is 104 Å². The molecule has 5 aromatic heterocycles. The first kappa shape index (κ1) is 30.4. The van der Waals surface area contributed by atoms with Gasteiger partial charge in [0.2, 0.25) is 0 Å². The van der Waals surface area contributed by atoms with Gasteiger partial charge >= 0.3 is 0 Å². The lowest BCUT2D eigenvalue weighted by atomic mass is 9.99. The highest BCUT2D eigenvalue weighted by Crippen LogP contribution is 2.52. The van der Waals surface area contributed by atoms with Gasteiger partial charge in [-0.25, -0.2) is 0 Å².